The summed E-state index contributed by atoms with van der Waals surface area (Å²) in [4.78, 5) is 5.06. The Balaban J connectivity index is 1.64. The highest BCUT2D eigenvalue weighted by molar-refractivity contribution is 7.71. The third-order valence-electron chi connectivity index (χ3n) is 4.62. The summed E-state index contributed by atoms with van der Waals surface area (Å²) in [6.45, 7) is 7.59. The molecule has 0 radical (unpaired) electrons. The Morgan fingerprint density at radius 2 is 1.90 bits per heavy atom. The number of H-pyrrole nitrogens is 1. The second kappa shape index (κ2) is 6.26. The molecule has 1 saturated carbocycles. The lowest BCUT2D eigenvalue weighted by atomic mass is 10.2. The van der Waals surface area contributed by atoms with Crippen LogP contribution in [-0.2, 0) is 6.54 Å². The zero-order valence-corrected chi connectivity index (χ0v) is 13.2. The number of anilines is 1. The van der Waals surface area contributed by atoms with Crippen LogP contribution < -0.4 is 4.90 Å². The Kier molecular flexibility index (Phi) is 4.41. The fourth-order valence-electron chi connectivity index (χ4n) is 3.53. The van der Waals surface area contributed by atoms with Crippen molar-refractivity contribution in [1.29, 1.82) is 0 Å². The van der Waals surface area contributed by atoms with Crippen LogP contribution in [0.4, 0.5) is 5.95 Å². The van der Waals surface area contributed by atoms with Gasteiger partial charge in [0, 0.05) is 38.8 Å². The average Bonchev–Trinajstić information content (AvgIpc) is 3.11. The van der Waals surface area contributed by atoms with Gasteiger partial charge in [-0.25, -0.2) is 5.10 Å². The molecule has 2 aliphatic rings. The Morgan fingerprint density at radius 3 is 2.55 bits per heavy atom. The summed E-state index contributed by atoms with van der Waals surface area (Å²) in [6.07, 6.45) is 6.71. The molecule has 1 aromatic heterocycles. The maximum Gasteiger partial charge on any atom is 0.225 e. The number of rotatable bonds is 4. The monoisotopic (exact) mass is 295 g/mol. The molecule has 0 bridgehead atoms. The van der Waals surface area contributed by atoms with Gasteiger partial charge in [-0.2, -0.15) is 0 Å². The zero-order chi connectivity index (χ0) is 13.9. The largest absolute Gasteiger partial charge is 0.338 e. The van der Waals surface area contributed by atoms with Crippen LogP contribution in [0.25, 0.3) is 0 Å². The summed E-state index contributed by atoms with van der Waals surface area (Å²) >= 11 is 5.33. The summed E-state index contributed by atoms with van der Waals surface area (Å²) in [7, 11) is 0. The lowest BCUT2D eigenvalue weighted by molar-refractivity contribution is 0.186. The van der Waals surface area contributed by atoms with Gasteiger partial charge in [-0.3, -0.25) is 9.47 Å². The van der Waals surface area contributed by atoms with Crippen molar-refractivity contribution in [2.75, 3.05) is 31.1 Å². The molecule has 0 unspecified atom stereocenters. The normalized spacial score (nSPS) is 21.8. The molecule has 2 heterocycles. The average molecular weight is 295 g/mol. The predicted octanol–water partition coefficient (Wildman–Crippen LogP) is 2.42. The topological polar surface area (TPSA) is 40.1 Å². The standard InChI is InChI=1S/C14H25N5S/c1-2-7-19-13(15-16-14(19)20)18-10-8-17(9-11-18)12-5-3-4-6-12/h12H,2-11H2,1H3,(H,16,20). The van der Waals surface area contributed by atoms with Gasteiger partial charge in [-0.1, -0.05) is 19.8 Å². The predicted molar refractivity (Wildman–Crippen MR) is 83.7 cm³/mol. The van der Waals surface area contributed by atoms with E-state index in [2.05, 4.69) is 31.5 Å². The van der Waals surface area contributed by atoms with Crippen molar-refractivity contribution in [3.8, 4) is 0 Å². The molecular formula is C14H25N5S. The molecule has 20 heavy (non-hydrogen) atoms. The second-order valence-electron chi connectivity index (χ2n) is 5.94. The lowest BCUT2D eigenvalue weighted by Crippen LogP contribution is -2.50. The summed E-state index contributed by atoms with van der Waals surface area (Å²) in [6, 6.07) is 0.841. The first-order chi connectivity index (χ1) is 9.79. The van der Waals surface area contributed by atoms with Crippen LogP contribution >= 0.6 is 12.2 Å². The molecule has 3 rings (SSSR count). The first-order valence-corrected chi connectivity index (χ1v) is 8.34. The molecule has 1 aromatic rings. The first-order valence-electron chi connectivity index (χ1n) is 7.94. The Morgan fingerprint density at radius 1 is 1.20 bits per heavy atom. The van der Waals surface area contributed by atoms with Crippen LogP contribution in [-0.4, -0.2) is 51.9 Å². The zero-order valence-electron chi connectivity index (χ0n) is 12.3. The van der Waals surface area contributed by atoms with Crippen LogP contribution in [0, 0.1) is 4.77 Å². The SMILES string of the molecule is CCCn1c(N2CCN(C3CCCC3)CC2)n[nH]c1=S. The summed E-state index contributed by atoms with van der Waals surface area (Å²) in [5.74, 6) is 1.03. The van der Waals surface area contributed by atoms with Gasteiger partial charge in [-0.15, -0.1) is 5.10 Å². The van der Waals surface area contributed by atoms with E-state index in [1.165, 1.54) is 25.7 Å². The van der Waals surface area contributed by atoms with Gasteiger partial charge in [0.25, 0.3) is 0 Å². The van der Waals surface area contributed by atoms with E-state index in [0.717, 1.165) is 55.9 Å². The van der Waals surface area contributed by atoms with E-state index < -0.39 is 0 Å². The highest BCUT2D eigenvalue weighted by atomic mass is 32.1. The summed E-state index contributed by atoms with van der Waals surface area (Å²) in [5, 5.41) is 7.38. The molecule has 1 saturated heterocycles. The molecule has 2 fully saturated rings. The van der Waals surface area contributed by atoms with Crippen molar-refractivity contribution in [2.45, 2.75) is 51.6 Å². The van der Waals surface area contributed by atoms with E-state index in [0.29, 0.717) is 0 Å². The van der Waals surface area contributed by atoms with Gasteiger partial charge in [0.05, 0.1) is 0 Å². The number of aromatic amines is 1. The molecule has 1 aliphatic heterocycles. The van der Waals surface area contributed by atoms with Gasteiger partial charge in [0.1, 0.15) is 0 Å². The number of hydrogen-bond donors (Lipinski definition) is 1. The molecule has 0 amide bonds. The maximum atomic E-state index is 5.33. The number of nitrogens with one attached hydrogen (secondary N) is 1. The van der Waals surface area contributed by atoms with Crippen LogP contribution in [0.1, 0.15) is 39.0 Å². The summed E-state index contributed by atoms with van der Waals surface area (Å²) < 4.78 is 2.89. The highest BCUT2D eigenvalue weighted by Gasteiger charge is 2.27. The minimum absolute atomic E-state index is 0.750. The third-order valence-corrected chi connectivity index (χ3v) is 4.94. The Bertz CT molecular complexity index is 480. The Hall–Kier alpha value is -0.880. The quantitative estimate of drug-likeness (QED) is 0.866. The molecule has 0 atom stereocenters. The summed E-state index contributed by atoms with van der Waals surface area (Å²) in [5.41, 5.74) is 0. The number of piperazine rings is 1. The number of nitrogens with zero attached hydrogens (tertiary/aromatic N) is 4. The van der Waals surface area contributed by atoms with Crippen molar-refractivity contribution in [1.82, 2.24) is 19.7 Å². The fraction of sp³-hybridized carbons (Fsp3) is 0.857. The van der Waals surface area contributed by atoms with Gasteiger partial charge >= 0.3 is 0 Å². The van der Waals surface area contributed by atoms with Crippen molar-refractivity contribution in [3.05, 3.63) is 4.77 Å². The van der Waals surface area contributed by atoms with Crippen molar-refractivity contribution >= 4 is 18.2 Å². The van der Waals surface area contributed by atoms with E-state index in [9.17, 15) is 0 Å². The van der Waals surface area contributed by atoms with E-state index in [4.69, 9.17) is 12.2 Å². The van der Waals surface area contributed by atoms with E-state index >= 15 is 0 Å². The number of hydrogen-bond acceptors (Lipinski definition) is 4. The third kappa shape index (κ3) is 2.76. The molecule has 1 aliphatic carbocycles. The van der Waals surface area contributed by atoms with Crippen LogP contribution in [0.15, 0.2) is 0 Å². The molecule has 0 spiro atoms. The molecule has 1 N–H and O–H groups in total. The fourth-order valence-corrected chi connectivity index (χ4v) is 3.75. The lowest BCUT2D eigenvalue weighted by Gasteiger charge is -2.38. The van der Waals surface area contributed by atoms with E-state index in [-0.39, 0.29) is 0 Å². The van der Waals surface area contributed by atoms with E-state index in [1.807, 2.05) is 0 Å². The second-order valence-corrected chi connectivity index (χ2v) is 6.33. The van der Waals surface area contributed by atoms with Crippen molar-refractivity contribution in [2.24, 2.45) is 0 Å². The Labute approximate surface area is 126 Å². The number of aromatic nitrogens is 3. The smallest absolute Gasteiger partial charge is 0.225 e. The van der Waals surface area contributed by atoms with Crippen LogP contribution in [0.5, 0.6) is 0 Å². The molecule has 0 aromatic carbocycles. The highest BCUT2D eigenvalue weighted by Crippen LogP contribution is 2.25. The molecule has 6 heteroatoms. The van der Waals surface area contributed by atoms with Crippen molar-refractivity contribution in [3.63, 3.8) is 0 Å². The van der Waals surface area contributed by atoms with E-state index in [1.54, 1.807) is 0 Å². The maximum absolute atomic E-state index is 5.33. The van der Waals surface area contributed by atoms with Gasteiger partial charge in [0.15, 0.2) is 4.77 Å². The van der Waals surface area contributed by atoms with Crippen molar-refractivity contribution < 1.29 is 0 Å². The molecule has 5 nitrogen and oxygen atoms in total. The molecular weight excluding hydrogens is 270 g/mol. The minimum atomic E-state index is 0.750. The van der Waals surface area contributed by atoms with Gasteiger partial charge < -0.3 is 4.90 Å². The first kappa shape index (κ1) is 14.1. The van der Waals surface area contributed by atoms with Crippen LogP contribution in [0.2, 0.25) is 0 Å². The van der Waals surface area contributed by atoms with Gasteiger partial charge in [-0.05, 0) is 31.5 Å². The minimum Gasteiger partial charge on any atom is -0.338 e. The van der Waals surface area contributed by atoms with Crippen LogP contribution in [0.3, 0.4) is 0 Å². The molecule has 112 valence electrons. The van der Waals surface area contributed by atoms with Gasteiger partial charge in [0.2, 0.25) is 5.95 Å².